The van der Waals surface area contributed by atoms with E-state index in [9.17, 15) is 5.11 Å². The lowest BCUT2D eigenvalue weighted by Gasteiger charge is -2.09. The first kappa shape index (κ1) is 12.4. The molecular formula is C13H15BrN2OS. The minimum Gasteiger partial charge on any atom is -0.381 e. The molecule has 0 amide bonds. The first-order chi connectivity index (χ1) is 8.66. The van der Waals surface area contributed by atoms with E-state index in [0.717, 1.165) is 21.5 Å². The molecule has 3 nitrogen and oxygen atoms in total. The van der Waals surface area contributed by atoms with E-state index in [1.807, 2.05) is 7.05 Å². The van der Waals surface area contributed by atoms with Crippen LogP contribution in [0.5, 0.6) is 0 Å². The predicted octanol–water partition coefficient (Wildman–Crippen LogP) is 3.20. The van der Waals surface area contributed by atoms with E-state index in [4.69, 9.17) is 0 Å². The summed E-state index contributed by atoms with van der Waals surface area (Å²) in [6.45, 7) is 0. The number of hydrogen-bond donors (Lipinski definition) is 1. The van der Waals surface area contributed by atoms with Crippen LogP contribution in [0.1, 0.15) is 40.0 Å². The van der Waals surface area contributed by atoms with E-state index in [1.165, 1.54) is 29.7 Å². The number of hydrogen-bond acceptors (Lipinski definition) is 3. The minimum absolute atomic E-state index is 0.581. The molecule has 3 rings (SSSR count). The zero-order valence-corrected chi connectivity index (χ0v) is 12.6. The third-order valence-corrected chi connectivity index (χ3v) is 5.38. The number of aliphatic hydroxyl groups is 1. The lowest BCUT2D eigenvalue weighted by molar-refractivity contribution is 0.212. The molecule has 0 radical (unpaired) electrons. The van der Waals surface area contributed by atoms with Crippen molar-refractivity contribution in [3.63, 3.8) is 0 Å². The molecule has 5 heteroatoms. The molecule has 2 heterocycles. The molecule has 0 saturated carbocycles. The molecular weight excluding hydrogens is 312 g/mol. The molecule has 96 valence electrons. The summed E-state index contributed by atoms with van der Waals surface area (Å²) in [7, 11) is 1.86. The fraction of sp³-hybridized carbons (Fsp3) is 0.462. The summed E-state index contributed by atoms with van der Waals surface area (Å²) in [4.78, 5) is 2.49. The Morgan fingerprint density at radius 1 is 1.44 bits per heavy atom. The monoisotopic (exact) mass is 326 g/mol. The van der Waals surface area contributed by atoms with Crippen molar-refractivity contribution in [3.8, 4) is 0 Å². The predicted molar refractivity (Wildman–Crippen MR) is 75.9 cm³/mol. The van der Waals surface area contributed by atoms with Crippen molar-refractivity contribution in [2.45, 2.75) is 31.8 Å². The van der Waals surface area contributed by atoms with Crippen molar-refractivity contribution < 1.29 is 5.11 Å². The molecule has 18 heavy (non-hydrogen) atoms. The molecule has 0 aliphatic heterocycles. The Kier molecular flexibility index (Phi) is 3.30. The quantitative estimate of drug-likeness (QED) is 0.920. The van der Waals surface area contributed by atoms with Gasteiger partial charge in [0.15, 0.2) is 0 Å². The first-order valence-corrected chi connectivity index (χ1v) is 7.74. The van der Waals surface area contributed by atoms with Gasteiger partial charge in [0.2, 0.25) is 0 Å². The van der Waals surface area contributed by atoms with Crippen molar-refractivity contribution in [1.29, 1.82) is 0 Å². The van der Waals surface area contributed by atoms with Crippen LogP contribution in [0, 0.1) is 0 Å². The van der Waals surface area contributed by atoms with Gasteiger partial charge in [0.1, 0.15) is 6.10 Å². The molecule has 0 saturated heterocycles. The largest absolute Gasteiger partial charge is 0.381 e. The highest BCUT2D eigenvalue weighted by molar-refractivity contribution is 9.10. The van der Waals surface area contributed by atoms with Crippen molar-refractivity contribution in [1.82, 2.24) is 9.78 Å². The van der Waals surface area contributed by atoms with Gasteiger partial charge in [0.05, 0.1) is 16.4 Å². The third-order valence-electron chi connectivity index (χ3n) is 3.48. The molecule has 0 spiro atoms. The standard InChI is InChI=1S/C13H15BrN2OS/c1-16-12(9(14)7-15-16)13(17)11-6-8-4-2-3-5-10(8)18-11/h6-7,13,17H,2-5H2,1H3. The molecule has 0 bridgehead atoms. The molecule has 2 aromatic heterocycles. The minimum atomic E-state index is -0.581. The summed E-state index contributed by atoms with van der Waals surface area (Å²) in [5.41, 5.74) is 2.26. The van der Waals surface area contributed by atoms with Gasteiger partial charge in [-0.15, -0.1) is 11.3 Å². The molecule has 1 atom stereocenters. The molecule has 0 aromatic carbocycles. The molecule has 2 aromatic rings. The number of aliphatic hydroxyl groups excluding tert-OH is 1. The van der Waals surface area contributed by atoms with Gasteiger partial charge in [-0.25, -0.2) is 0 Å². The van der Waals surface area contributed by atoms with Crippen LogP contribution in [0.3, 0.4) is 0 Å². The van der Waals surface area contributed by atoms with Gasteiger partial charge in [-0.2, -0.15) is 5.10 Å². The molecule has 0 fully saturated rings. The average Bonchev–Trinajstić information content (AvgIpc) is 2.92. The lowest BCUT2D eigenvalue weighted by Crippen LogP contribution is -2.05. The van der Waals surface area contributed by atoms with Gasteiger partial charge in [-0.1, -0.05) is 0 Å². The van der Waals surface area contributed by atoms with E-state index < -0.39 is 6.10 Å². The summed E-state index contributed by atoms with van der Waals surface area (Å²) in [5.74, 6) is 0. The average molecular weight is 327 g/mol. The Balaban J connectivity index is 1.97. The number of rotatable bonds is 2. The van der Waals surface area contributed by atoms with Crippen LogP contribution in [-0.4, -0.2) is 14.9 Å². The van der Waals surface area contributed by atoms with Crippen LogP contribution in [0.2, 0.25) is 0 Å². The Bertz CT molecular complexity index is 533. The zero-order chi connectivity index (χ0) is 12.7. The van der Waals surface area contributed by atoms with Crippen LogP contribution < -0.4 is 0 Å². The van der Waals surface area contributed by atoms with Crippen LogP contribution in [0.25, 0.3) is 0 Å². The van der Waals surface area contributed by atoms with Gasteiger partial charge >= 0.3 is 0 Å². The molecule has 1 unspecified atom stereocenters. The van der Waals surface area contributed by atoms with Crippen LogP contribution >= 0.6 is 27.3 Å². The fourth-order valence-electron chi connectivity index (χ4n) is 2.51. The topological polar surface area (TPSA) is 38.0 Å². The van der Waals surface area contributed by atoms with Crippen LogP contribution in [0.15, 0.2) is 16.7 Å². The van der Waals surface area contributed by atoms with Gasteiger partial charge in [-0.05, 0) is 53.2 Å². The van der Waals surface area contributed by atoms with Gasteiger partial charge < -0.3 is 5.11 Å². The summed E-state index contributed by atoms with van der Waals surface area (Å²) < 4.78 is 2.59. The second-order valence-corrected chi connectivity index (χ2v) is 6.73. The summed E-state index contributed by atoms with van der Waals surface area (Å²) in [6, 6.07) is 2.17. The summed E-state index contributed by atoms with van der Waals surface area (Å²) >= 11 is 5.20. The Labute approximate surface area is 119 Å². The van der Waals surface area contributed by atoms with Gasteiger partial charge in [0, 0.05) is 16.8 Å². The van der Waals surface area contributed by atoms with E-state index >= 15 is 0 Å². The maximum Gasteiger partial charge on any atom is 0.131 e. The number of fused-ring (bicyclic) bond motifs is 1. The maximum atomic E-state index is 10.5. The zero-order valence-electron chi connectivity index (χ0n) is 10.2. The van der Waals surface area contributed by atoms with E-state index in [-0.39, 0.29) is 0 Å². The van der Waals surface area contributed by atoms with Crippen molar-refractivity contribution in [3.05, 3.63) is 37.7 Å². The fourth-order valence-corrected chi connectivity index (χ4v) is 4.32. The number of thiophene rings is 1. The highest BCUT2D eigenvalue weighted by atomic mass is 79.9. The SMILES string of the molecule is Cn1ncc(Br)c1C(O)c1cc2c(s1)CCCC2. The molecule has 1 aliphatic carbocycles. The smallest absolute Gasteiger partial charge is 0.131 e. The van der Waals surface area contributed by atoms with E-state index in [1.54, 1.807) is 22.2 Å². The van der Waals surface area contributed by atoms with Crippen molar-refractivity contribution in [2.24, 2.45) is 7.05 Å². The molecule has 1 N–H and O–H groups in total. The Morgan fingerprint density at radius 3 is 2.89 bits per heavy atom. The lowest BCUT2D eigenvalue weighted by atomic mass is 9.99. The molecule has 1 aliphatic rings. The normalized spacial score (nSPS) is 16.6. The van der Waals surface area contributed by atoms with Crippen LogP contribution in [0.4, 0.5) is 0 Å². The highest BCUT2D eigenvalue weighted by Gasteiger charge is 2.22. The second kappa shape index (κ2) is 4.79. The number of nitrogens with zero attached hydrogens (tertiary/aromatic N) is 2. The Morgan fingerprint density at radius 2 is 2.22 bits per heavy atom. The van der Waals surface area contributed by atoms with E-state index in [0.29, 0.717) is 0 Å². The third kappa shape index (κ3) is 2.04. The summed E-state index contributed by atoms with van der Waals surface area (Å²) in [5, 5.41) is 14.7. The number of halogens is 1. The van der Waals surface area contributed by atoms with Gasteiger partial charge in [0.25, 0.3) is 0 Å². The first-order valence-electron chi connectivity index (χ1n) is 6.13. The maximum absolute atomic E-state index is 10.5. The highest BCUT2D eigenvalue weighted by Crippen LogP contribution is 2.36. The van der Waals surface area contributed by atoms with Gasteiger partial charge in [-0.3, -0.25) is 4.68 Å². The van der Waals surface area contributed by atoms with Crippen LogP contribution in [-0.2, 0) is 19.9 Å². The number of aromatic nitrogens is 2. The second-order valence-electron chi connectivity index (χ2n) is 4.71. The van der Waals surface area contributed by atoms with Crippen molar-refractivity contribution in [2.75, 3.05) is 0 Å². The van der Waals surface area contributed by atoms with Crippen molar-refractivity contribution >= 4 is 27.3 Å². The Hall–Kier alpha value is -0.650. The summed E-state index contributed by atoms with van der Waals surface area (Å²) in [6.07, 6.45) is 6.02. The van der Waals surface area contributed by atoms with E-state index in [2.05, 4.69) is 27.1 Å². The number of aryl methyl sites for hydroxylation is 3.